The SMILES string of the molecule is C/C=C/C=C/c1sc2ccccc2c1C1=C/CSc2ccccc2C/C=C\1. The maximum atomic E-state index is 2.38. The maximum absolute atomic E-state index is 2.38. The van der Waals surface area contributed by atoms with Crippen LogP contribution in [0.15, 0.2) is 89.9 Å². The van der Waals surface area contributed by atoms with Crippen LogP contribution in [-0.4, -0.2) is 5.75 Å². The number of hydrogen-bond donors (Lipinski definition) is 0. The Bertz CT molecular complexity index is 1060. The van der Waals surface area contributed by atoms with Gasteiger partial charge in [-0.3, -0.25) is 0 Å². The normalized spacial score (nSPS) is 18.0. The van der Waals surface area contributed by atoms with E-state index < -0.39 is 0 Å². The maximum Gasteiger partial charge on any atom is 0.0361 e. The fourth-order valence-electron chi connectivity index (χ4n) is 3.33. The lowest BCUT2D eigenvalue weighted by Gasteiger charge is -2.05. The molecular weight excluding hydrogens is 364 g/mol. The summed E-state index contributed by atoms with van der Waals surface area (Å²) in [6, 6.07) is 17.5. The molecule has 0 N–H and O–H groups in total. The van der Waals surface area contributed by atoms with Gasteiger partial charge in [-0.15, -0.1) is 23.1 Å². The molecule has 4 rings (SSSR count). The molecule has 0 saturated heterocycles. The molecule has 0 unspecified atom stereocenters. The molecule has 0 bridgehead atoms. The molecule has 0 fully saturated rings. The minimum absolute atomic E-state index is 0.979. The van der Waals surface area contributed by atoms with Crippen molar-refractivity contribution in [1.82, 2.24) is 0 Å². The van der Waals surface area contributed by atoms with E-state index in [1.54, 1.807) is 0 Å². The molecule has 1 aromatic heterocycles. The molecule has 0 radical (unpaired) electrons. The third kappa shape index (κ3) is 4.02. The summed E-state index contributed by atoms with van der Waals surface area (Å²) in [6.45, 7) is 2.05. The highest BCUT2D eigenvalue weighted by atomic mass is 32.2. The van der Waals surface area contributed by atoms with Gasteiger partial charge in [0, 0.05) is 31.2 Å². The van der Waals surface area contributed by atoms with Crippen molar-refractivity contribution in [3.8, 4) is 0 Å². The standard InChI is InChI=1S/C25H22S2/c1-2-3-4-16-24-25(21-13-6-8-15-23(21)27-24)20-12-9-11-19-10-5-7-14-22(19)26-18-17-20/h2-10,12-17H,11,18H2,1H3/b3-2+,12-9-,16-4+,20-17+. The number of thiophene rings is 1. The van der Waals surface area contributed by atoms with Gasteiger partial charge in [0.2, 0.25) is 0 Å². The van der Waals surface area contributed by atoms with E-state index in [4.69, 9.17) is 0 Å². The summed E-state index contributed by atoms with van der Waals surface area (Å²) in [6.07, 6.45) is 16.5. The van der Waals surface area contributed by atoms with E-state index in [1.165, 1.54) is 36.6 Å². The Hall–Kier alpha value is -2.29. The molecular formula is C25H22S2. The molecule has 0 aliphatic carbocycles. The average Bonchev–Trinajstić information content (AvgIpc) is 3.10. The highest BCUT2D eigenvalue weighted by Crippen LogP contribution is 2.38. The van der Waals surface area contributed by atoms with Gasteiger partial charge in [0.1, 0.15) is 0 Å². The van der Waals surface area contributed by atoms with Gasteiger partial charge in [-0.05, 0) is 42.7 Å². The van der Waals surface area contributed by atoms with Crippen LogP contribution in [0.2, 0.25) is 0 Å². The zero-order chi connectivity index (χ0) is 18.5. The minimum atomic E-state index is 0.979. The Kier molecular flexibility index (Phi) is 5.76. The monoisotopic (exact) mass is 386 g/mol. The van der Waals surface area contributed by atoms with E-state index >= 15 is 0 Å². The Morgan fingerprint density at radius 2 is 1.81 bits per heavy atom. The van der Waals surface area contributed by atoms with Crippen molar-refractivity contribution in [2.75, 3.05) is 5.75 Å². The van der Waals surface area contributed by atoms with Crippen LogP contribution >= 0.6 is 23.1 Å². The second-order valence-corrected chi connectivity index (χ2v) is 8.55. The van der Waals surface area contributed by atoms with E-state index in [-0.39, 0.29) is 0 Å². The van der Waals surface area contributed by atoms with E-state index in [0.717, 1.165) is 12.2 Å². The van der Waals surface area contributed by atoms with Crippen molar-refractivity contribution in [2.45, 2.75) is 18.2 Å². The predicted molar refractivity (Wildman–Crippen MR) is 124 cm³/mol. The summed E-state index contributed by atoms with van der Waals surface area (Å²) >= 11 is 3.80. The first-order valence-corrected chi connectivity index (χ1v) is 11.1. The van der Waals surface area contributed by atoms with Gasteiger partial charge in [0.15, 0.2) is 0 Å². The average molecular weight is 387 g/mol. The third-order valence-electron chi connectivity index (χ3n) is 4.61. The van der Waals surface area contributed by atoms with Gasteiger partial charge in [-0.1, -0.05) is 72.9 Å². The fraction of sp³-hybridized carbons (Fsp3) is 0.120. The van der Waals surface area contributed by atoms with Crippen LogP contribution in [0, 0.1) is 0 Å². The third-order valence-corrected chi connectivity index (χ3v) is 6.79. The molecule has 0 nitrogen and oxygen atoms in total. The zero-order valence-corrected chi connectivity index (χ0v) is 17.0. The molecule has 2 heteroatoms. The lowest BCUT2D eigenvalue weighted by molar-refractivity contribution is 1.18. The molecule has 0 atom stereocenters. The molecule has 2 heterocycles. The van der Waals surface area contributed by atoms with Gasteiger partial charge in [0.25, 0.3) is 0 Å². The number of fused-ring (bicyclic) bond motifs is 2. The Morgan fingerprint density at radius 3 is 2.74 bits per heavy atom. The number of hydrogen-bond acceptors (Lipinski definition) is 2. The highest BCUT2D eigenvalue weighted by molar-refractivity contribution is 7.99. The van der Waals surface area contributed by atoms with Crippen molar-refractivity contribution in [3.05, 3.63) is 101 Å². The van der Waals surface area contributed by atoms with E-state index in [1.807, 2.05) is 23.1 Å². The summed E-state index contributed by atoms with van der Waals surface area (Å²) in [4.78, 5) is 2.72. The van der Waals surface area contributed by atoms with Crippen LogP contribution in [0.4, 0.5) is 0 Å². The lowest BCUT2D eigenvalue weighted by atomic mass is 10.00. The van der Waals surface area contributed by atoms with Crippen LogP contribution in [0.25, 0.3) is 21.7 Å². The molecule has 1 aliphatic heterocycles. The van der Waals surface area contributed by atoms with Crippen LogP contribution in [0.3, 0.4) is 0 Å². The molecule has 27 heavy (non-hydrogen) atoms. The van der Waals surface area contributed by atoms with Crippen LogP contribution in [0.1, 0.15) is 22.9 Å². The van der Waals surface area contributed by atoms with Crippen molar-refractivity contribution in [1.29, 1.82) is 0 Å². The quantitative estimate of drug-likeness (QED) is 0.414. The topological polar surface area (TPSA) is 0 Å². The molecule has 0 saturated carbocycles. The summed E-state index contributed by atoms with van der Waals surface area (Å²) in [5, 5.41) is 1.35. The van der Waals surface area contributed by atoms with Gasteiger partial charge in [0.05, 0.1) is 0 Å². The van der Waals surface area contributed by atoms with Crippen molar-refractivity contribution >= 4 is 44.8 Å². The number of allylic oxidation sites excluding steroid dienone is 6. The van der Waals surface area contributed by atoms with E-state index in [9.17, 15) is 0 Å². The summed E-state index contributed by atoms with van der Waals surface area (Å²) in [5.74, 6) is 0.985. The van der Waals surface area contributed by atoms with Crippen molar-refractivity contribution < 1.29 is 0 Å². The Morgan fingerprint density at radius 1 is 0.963 bits per heavy atom. The Balaban J connectivity index is 1.79. The second kappa shape index (κ2) is 8.60. The zero-order valence-electron chi connectivity index (χ0n) is 15.4. The molecule has 1 aliphatic rings. The molecule has 134 valence electrons. The number of rotatable bonds is 3. The fourth-order valence-corrected chi connectivity index (χ4v) is 5.43. The van der Waals surface area contributed by atoms with E-state index in [0.29, 0.717) is 0 Å². The molecule has 3 aromatic rings. The first-order valence-electron chi connectivity index (χ1n) is 9.25. The van der Waals surface area contributed by atoms with Crippen molar-refractivity contribution in [3.63, 3.8) is 0 Å². The van der Waals surface area contributed by atoms with Crippen LogP contribution in [-0.2, 0) is 6.42 Å². The summed E-state index contributed by atoms with van der Waals surface area (Å²) < 4.78 is 1.35. The van der Waals surface area contributed by atoms with Crippen LogP contribution in [0.5, 0.6) is 0 Å². The number of thioether (sulfide) groups is 1. The smallest absolute Gasteiger partial charge is 0.0361 e. The molecule has 0 spiro atoms. The Labute approximate surface area is 169 Å². The molecule has 2 aromatic carbocycles. The van der Waals surface area contributed by atoms with Crippen molar-refractivity contribution in [2.24, 2.45) is 0 Å². The van der Waals surface area contributed by atoms with E-state index in [2.05, 4.69) is 98.0 Å². The second-order valence-electron chi connectivity index (χ2n) is 6.41. The first-order chi connectivity index (χ1) is 13.4. The summed E-state index contributed by atoms with van der Waals surface area (Å²) in [5.41, 5.74) is 4.10. The first kappa shape index (κ1) is 18.1. The van der Waals surface area contributed by atoms with Gasteiger partial charge in [-0.2, -0.15) is 0 Å². The molecule has 0 amide bonds. The summed E-state index contributed by atoms with van der Waals surface area (Å²) in [7, 11) is 0. The number of benzene rings is 2. The highest BCUT2D eigenvalue weighted by Gasteiger charge is 2.13. The minimum Gasteiger partial charge on any atom is -0.135 e. The lowest BCUT2D eigenvalue weighted by Crippen LogP contribution is -1.84. The van der Waals surface area contributed by atoms with Crippen LogP contribution < -0.4 is 0 Å². The van der Waals surface area contributed by atoms with Gasteiger partial charge in [-0.25, -0.2) is 0 Å². The largest absolute Gasteiger partial charge is 0.135 e. The van der Waals surface area contributed by atoms with Gasteiger partial charge >= 0.3 is 0 Å². The van der Waals surface area contributed by atoms with Gasteiger partial charge < -0.3 is 0 Å². The predicted octanol–water partition coefficient (Wildman–Crippen LogP) is 7.78.